The lowest BCUT2D eigenvalue weighted by Crippen LogP contribution is -2.35. The van der Waals surface area contributed by atoms with Gasteiger partial charge in [-0.15, -0.1) is 0 Å². The number of ketones is 1. The Morgan fingerprint density at radius 2 is 2.31 bits per heavy atom. The van der Waals surface area contributed by atoms with Crippen LogP contribution in [-0.4, -0.2) is 11.3 Å². The third kappa shape index (κ3) is 1.35. The van der Waals surface area contributed by atoms with Gasteiger partial charge in [0.05, 0.1) is 5.54 Å². The van der Waals surface area contributed by atoms with Crippen molar-refractivity contribution in [1.82, 2.24) is 0 Å². The van der Waals surface area contributed by atoms with Crippen LogP contribution >= 0.6 is 0 Å². The van der Waals surface area contributed by atoms with Crippen molar-refractivity contribution in [2.75, 3.05) is 0 Å². The van der Waals surface area contributed by atoms with Crippen molar-refractivity contribution in [2.45, 2.75) is 25.3 Å². The topological polar surface area (TPSA) is 43.1 Å². The number of carbonyl (C=O) groups excluding carboxylic acids is 1. The molecule has 2 aliphatic carbocycles. The molecule has 1 saturated carbocycles. The summed E-state index contributed by atoms with van der Waals surface area (Å²) in [5.74, 6) is 1.01. The maximum absolute atomic E-state index is 11.2. The average molecular weight is 177 g/mol. The van der Waals surface area contributed by atoms with Gasteiger partial charge in [0.25, 0.3) is 0 Å². The van der Waals surface area contributed by atoms with Crippen LogP contribution in [0.1, 0.15) is 19.8 Å². The number of carbonyl (C=O) groups is 1. The van der Waals surface area contributed by atoms with E-state index < -0.39 is 5.54 Å². The molecule has 3 atom stereocenters. The quantitative estimate of drug-likeness (QED) is 0.693. The molecule has 3 unspecified atom stereocenters. The van der Waals surface area contributed by atoms with E-state index in [0.717, 1.165) is 12.8 Å². The fourth-order valence-electron chi connectivity index (χ4n) is 2.14. The molecule has 0 heterocycles. The summed E-state index contributed by atoms with van der Waals surface area (Å²) in [5.41, 5.74) is 5.46. The summed E-state index contributed by atoms with van der Waals surface area (Å²) >= 11 is 0. The molecule has 2 rings (SSSR count). The van der Waals surface area contributed by atoms with E-state index in [-0.39, 0.29) is 5.78 Å². The molecule has 2 N–H and O–H groups in total. The van der Waals surface area contributed by atoms with Crippen LogP contribution in [0.3, 0.4) is 0 Å². The first kappa shape index (κ1) is 8.70. The molecule has 0 amide bonds. The number of allylic oxidation sites excluding steroid dienone is 4. The van der Waals surface area contributed by atoms with Gasteiger partial charge in [0.15, 0.2) is 0 Å². The molecule has 2 aliphatic rings. The molecule has 2 heteroatoms. The third-order valence-corrected chi connectivity index (χ3v) is 3.25. The minimum atomic E-state index is -0.500. The summed E-state index contributed by atoms with van der Waals surface area (Å²) in [4.78, 5) is 11.2. The minimum absolute atomic E-state index is 0.139. The fourth-order valence-corrected chi connectivity index (χ4v) is 2.14. The molecule has 1 fully saturated rings. The van der Waals surface area contributed by atoms with E-state index in [9.17, 15) is 4.79 Å². The molecule has 0 bridgehead atoms. The molecule has 0 aliphatic heterocycles. The molecular weight excluding hydrogens is 162 g/mol. The van der Waals surface area contributed by atoms with Crippen LogP contribution in [0.15, 0.2) is 24.3 Å². The van der Waals surface area contributed by atoms with Gasteiger partial charge >= 0.3 is 0 Å². The molecule has 0 aromatic rings. The predicted molar refractivity (Wildman–Crippen MR) is 52.1 cm³/mol. The van der Waals surface area contributed by atoms with Gasteiger partial charge in [0.2, 0.25) is 0 Å². The summed E-state index contributed by atoms with van der Waals surface area (Å²) in [5, 5.41) is 0. The van der Waals surface area contributed by atoms with Crippen LogP contribution in [0.5, 0.6) is 0 Å². The van der Waals surface area contributed by atoms with E-state index in [1.807, 2.05) is 12.2 Å². The summed E-state index contributed by atoms with van der Waals surface area (Å²) in [6.45, 7) is 1.60. The van der Waals surface area contributed by atoms with Gasteiger partial charge in [0.1, 0.15) is 5.78 Å². The van der Waals surface area contributed by atoms with Crippen LogP contribution in [-0.2, 0) is 4.79 Å². The zero-order valence-electron chi connectivity index (χ0n) is 7.86. The molecule has 70 valence electrons. The highest BCUT2D eigenvalue weighted by Gasteiger charge is 2.57. The first-order valence-corrected chi connectivity index (χ1v) is 4.78. The standard InChI is InChI=1S/C11H15NO/c1-8(13)11(12)7-10(11)9-5-3-2-4-6-9/h2-5,9-10H,6-7,12H2,1H3. The Balaban J connectivity index is 2.03. The second kappa shape index (κ2) is 2.81. The zero-order valence-corrected chi connectivity index (χ0v) is 7.86. The highest BCUT2D eigenvalue weighted by molar-refractivity contribution is 5.89. The third-order valence-electron chi connectivity index (χ3n) is 3.25. The first-order chi connectivity index (χ1) is 6.14. The molecular formula is C11H15NO. The van der Waals surface area contributed by atoms with Crippen molar-refractivity contribution >= 4 is 5.78 Å². The lowest BCUT2D eigenvalue weighted by Gasteiger charge is -2.15. The lowest BCUT2D eigenvalue weighted by molar-refractivity contribution is -0.119. The molecule has 0 spiro atoms. The lowest BCUT2D eigenvalue weighted by atomic mass is 9.92. The van der Waals surface area contributed by atoms with Crippen LogP contribution in [0, 0.1) is 11.8 Å². The smallest absolute Gasteiger partial charge is 0.149 e. The van der Waals surface area contributed by atoms with E-state index in [4.69, 9.17) is 5.73 Å². The van der Waals surface area contributed by atoms with Crippen LogP contribution in [0.2, 0.25) is 0 Å². The van der Waals surface area contributed by atoms with Crippen molar-refractivity contribution in [1.29, 1.82) is 0 Å². The minimum Gasteiger partial charge on any atom is -0.319 e. The molecule has 0 saturated heterocycles. The monoisotopic (exact) mass is 177 g/mol. The van der Waals surface area contributed by atoms with Crippen molar-refractivity contribution in [3.8, 4) is 0 Å². The van der Waals surface area contributed by atoms with E-state index in [2.05, 4.69) is 12.2 Å². The zero-order chi connectivity index (χ0) is 9.47. The average Bonchev–Trinajstić information content (AvgIpc) is 2.81. The summed E-state index contributed by atoms with van der Waals surface area (Å²) in [7, 11) is 0. The molecule has 2 nitrogen and oxygen atoms in total. The number of Topliss-reactive ketones (excluding diaryl/α,β-unsaturated/α-hetero) is 1. The summed E-state index contributed by atoms with van der Waals surface area (Å²) in [6, 6.07) is 0. The van der Waals surface area contributed by atoms with Crippen molar-refractivity contribution in [3.05, 3.63) is 24.3 Å². The Bertz CT molecular complexity index is 292. The Hall–Kier alpha value is -0.890. The van der Waals surface area contributed by atoms with E-state index in [0.29, 0.717) is 11.8 Å². The SMILES string of the molecule is CC(=O)C1(N)CC1C1C=CC=CC1. The van der Waals surface area contributed by atoms with Gasteiger partial charge in [-0.3, -0.25) is 4.79 Å². The van der Waals surface area contributed by atoms with E-state index >= 15 is 0 Å². The normalized spacial score (nSPS) is 42.0. The maximum Gasteiger partial charge on any atom is 0.149 e. The molecule has 0 radical (unpaired) electrons. The largest absolute Gasteiger partial charge is 0.319 e. The Morgan fingerprint density at radius 3 is 2.77 bits per heavy atom. The van der Waals surface area contributed by atoms with Gasteiger partial charge in [-0.25, -0.2) is 0 Å². The molecule has 0 aromatic heterocycles. The number of hydrogen-bond donors (Lipinski definition) is 1. The number of nitrogens with two attached hydrogens (primary N) is 1. The van der Waals surface area contributed by atoms with Crippen molar-refractivity contribution < 1.29 is 4.79 Å². The van der Waals surface area contributed by atoms with Crippen LogP contribution in [0.4, 0.5) is 0 Å². The molecule has 0 aromatic carbocycles. The Morgan fingerprint density at radius 1 is 1.54 bits per heavy atom. The number of hydrogen-bond acceptors (Lipinski definition) is 2. The van der Waals surface area contributed by atoms with E-state index in [1.165, 1.54) is 0 Å². The fraction of sp³-hybridized carbons (Fsp3) is 0.545. The second-order valence-electron chi connectivity index (χ2n) is 4.12. The van der Waals surface area contributed by atoms with Gasteiger partial charge in [-0.05, 0) is 31.6 Å². The highest BCUT2D eigenvalue weighted by Crippen LogP contribution is 2.49. The van der Waals surface area contributed by atoms with Gasteiger partial charge in [-0.2, -0.15) is 0 Å². The Labute approximate surface area is 78.5 Å². The summed E-state index contributed by atoms with van der Waals surface area (Å²) in [6.07, 6.45) is 10.3. The second-order valence-corrected chi connectivity index (χ2v) is 4.12. The van der Waals surface area contributed by atoms with Crippen molar-refractivity contribution in [3.63, 3.8) is 0 Å². The first-order valence-electron chi connectivity index (χ1n) is 4.78. The van der Waals surface area contributed by atoms with E-state index in [1.54, 1.807) is 6.92 Å². The van der Waals surface area contributed by atoms with Crippen LogP contribution < -0.4 is 5.73 Å². The van der Waals surface area contributed by atoms with Gasteiger partial charge in [-0.1, -0.05) is 24.3 Å². The highest BCUT2D eigenvalue weighted by atomic mass is 16.1. The van der Waals surface area contributed by atoms with Gasteiger partial charge in [0, 0.05) is 0 Å². The van der Waals surface area contributed by atoms with Crippen LogP contribution in [0.25, 0.3) is 0 Å². The Kier molecular flexibility index (Phi) is 1.88. The van der Waals surface area contributed by atoms with Crippen molar-refractivity contribution in [2.24, 2.45) is 17.6 Å². The number of rotatable bonds is 2. The summed E-state index contributed by atoms with van der Waals surface area (Å²) < 4.78 is 0. The maximum atomic E-state index is 11.2. The predicted octanol–water partition coefficient (Wildman–Crippen LogP) is 1.43. The molecule has 13 heavy (non-hydrogen) atoms. The van der Waals surface area contributed by atoms with Gasteiger partial charge < -0.3 is 5.73 Å².